The number of nitrogens with zero attached hydrogens (tertiary/aromatic N) is 6. The molecule has 2 aliphatic heterocycles. The molecule has 0 aliphatic carbocycles. The summed E-state index contributed by atoms with van der Waals surface area (Å²) in [5.74, 6) is 0.938. The minimum atomic E-state index is -0.0502. The predicted molar refractivity (Wildman–Crippen MR) is 76.3 cm³/mol. The van der Waals surface area contributed by atoms with Gasteiger partial charge in [0.15, 0.2) is 0 Å². The van der Waals surface area contributed by atoms with E-state index >= 15 is 0 Å². The van der Waals surface area contributed by atoms with Gasteiger partial charge in [0, 0.05) is 38.6 Å². The Bertz CT molecular complexity index is 650. The molecule has 108 valence electrons. The first-order valence-electron chi connectivity index (χ1n) is 6.92. The highest BCUT2D eigenvalue weighted by Crippen LogP contribution is 2.27. The maximum atomic E-state index is 11.6. The van der Waals surface area contributed by atoms with E-state index < -0.39 is 0 Å². The molecular formula is C13H15N7O. The van der Waals surface area contributed by atoms with Crippen molar-refractivity contribution >= 4 is 17.5 Å². The molecular weight excluding hydrogens is 270 g/mol. The van der Waals surface area contributed by atoms with Gasteiger partial charge < -0.3 is 10.2 Å². The van der Waals surface area contributed by atoms with Crippen molar-refractivity contribution in [2.24, 2.45) is 0 Å². The van der Waals surface area contributed by atoms with Crippen LogP contribution in [0.1, 0.15) is 6.04 Å². The minimum absolute atomic E-state index is 0.0502. The smallest absolute Gasteiger partial charge is 0.322 e. The van der Waals surface area contributed by atoms with Crippen LogP contribution in [-0.2, 0) is 0 Å². The first-order valence-corrected chi connectivity index (χ1v) is 6.92. The van der Waals surface area contributed by atoms with Crippen LogP contribution in [0, 0.1) is 0 Å². The van der Waals surface area contributed by atoms with Crippen molar-refractivity contribution in [1.82, 2.24) is 25.1 Å². The molecule has 0 atom stereocenters. The van der Waals surface area contributed by atoms with Crippen LogP contribution in [0.25, 0.3) is 0 Å². The Morgan fingerprint density at radius 2 is 2.24 bits per heavy atom. The lowest BCUT2D eigenvalue weighted by atomic mass is 10.1. The molecule has 8 heteroatoms. The summed E-state index contributed by atoms with van der Waals surface area (Å²) in [6.07, 6.45) is 6.99. The second-order valence-electron chi connectivity index (χ2n) is 5.19. The first-order chi connectivity index (χ1) is 10.3. The first kappa shape index (κ1) is 12.1. The zero-order chi connectivity index (χ0) is 14.2. The summed E-state index contributed by atoms with van der Waals surface area (Å²) in [5.41, 5.74) is 0.852. The highest BCUT2D eigenvalue weighted by atomic mass is 16.2. The Balaban J connectivity index is 1.43. The summed E-state index contributed by atoms with van der Waals surface area (Å²) >= 11 is 0. The molecule has 0 spiro atoms. The van der Waals surface area contributed by atoms with E-state index in [-0.39, 0.29) is 6.03 Å². The Hall–Kier alpha value is -2.64. The Labute approximate surface area is 121 Å². The van der Waals surface area contributed by atoms with E-state index in [1.807, 2.05) is 16.9 Å². The molecule has 0 aromatic carbocycles. The summed E-state index contributed by atoms with van der Waals surface area (Å²) in [5, 5.41) is 7.17. The molecule has 0 radical (unpaired) electrons. The molecule has 2 fully saturated rings. The van der Waals surface area contributed by atoms with Crippen LogP contribution >= 0.6 is 0 Å². The molecule has 8 nitrogen and oxygen atoms in total. The van der Waals surface area contributed by atoms with E-state index in [9.17, 15) is 4.79 Å². The number of hydrogen-bond acceptors (Lipinski definition) is 5. The van der Waals surface area contributed by atoms with Crippen LogP contribution in [0.3, 0.4) is 0 Å². The van der Waals surface area contributed by atoms with Gasteiger partial charge in [0.1, 0.15) is 12.1 Å². The number of hydrogen-bond donors (Lipinski definition) is 1. The maximum absolute atomic E-state index is 11.6. The van der Waals surface area contributed by atoms with E-state index in [0.717, 1.165) is 24.6 Å². The summed E-state index contributed by atoms with van der Waals surface area (Å²) in [4.78, 5) is 23.7. The van der Waals surface area contributed by atoms with Crippen LogP contribution in [0.2, 0.25) is 0 Å². The predicted octanol–water partition coefficient (Wildman–Crippen LogP) is 0.264. The monoisotopic (exact) mass is 285 g/mol. The zero-order valence-corrected chi connectivity index (χ0v) is 11.4. The van der Waals surface area contributed by atoms with E-state index in [1.165, 1.54) is 0 Å². The van der Waals surface area contributed by atoms with Gasteiger partial charge in [-0.05, 0) is 6.07 Å². The van der Waals surface area contributed by atoms with Gasteiger partial charge in [-0.1, -0.05) is 0 Å². The number of carbonyl (C=O) groups excluding carboxylic acids is 1. The van der Waals surface area contributed by atoms with Crippen molar-refractivity contribution in [2.45, 2.75) is 6.04 Å². The van der Waals surface area contributed by atoms with Crippen molar-refractivity contribution in [3.05, 3.63) is 31.0 Å². The fourth-order valence-corrected chi connectivity index (χ4v) is 2.67. The van der Waals surface area contributed by atoms with Crippen molar-refractivity contribution in [2.75, 3.05) is 36.0 Å². The third kappa shape index (κ3) is 2.08. The van der Waals surface area contributed by atoms with Gasteiger partial charge in [0.05, 0.1) is 17.9 Å². The Morgan fingerprint density at radius 1 is 1.33 bits per heavy atom. The summed E-state index contributed by atoms with van der Waals surface area (Å²) in [6.45, 7) is 3.12. The second-order valence-corrected chi connectivity index (χ2v) is 5.19. The van der Waals surface area contributed by atoms with Gasteiger partial charge in [0.2, 0.25) is 0 Å². The molecule has 2 amide bonds. The molecule has 0 unspecified atom stereocenters. The number of urea groups is 1. The van der Waals surface area contributed by atoms with E-state index in [1.54, 1.807) is 23.6 Å². The van der Waals surface area contributed by atoms with Crippen LogP contribution in [0.5, 0.6) is 0 Å². The lowest BCUT2D eigenvalue weighted by Crippen LogP contribution is -2.48. The van der Waals surface area contributed by atoms with Gasteiger partial charge in [0.25, 0.3) is 0 Å². The molecule has 0 bridgehead atoms. The Kier molecular flexibility index (Phi) is 2.73. The number of nitrogens with one attached hydrogen (secondary N) is 1. The standard InChI is InChI=1S/C13H15N7O/c21-13-15-3-4-19(13)10-5-17-20(8-10)11-6-18(7-11)12-1-2-14-9-16-12/h1-2,5,8-9,11H,3-4,6-7H2,(H,15,21). The number of anilines is 2. The molecule has 2 aromatic heterocycles. The molecule has 4 rings (SSSR count). The Morgan fingerprint density at radius 3 is 2.95 bits per heavy atom. The van der Waals surface area contributed by atoms with Crippen molar-refractivity contribution in [3.63, 3.8) is 0 Å². The molecule has 4 heterocycles. The third-order valence-corrected chi connectivity index (χ3v) is 3.88. The SMILES string of the molecule is O=C1NCCN1c1cnn(C2CN(c3ccncn3)C2)c1. The number of amides is 2. The average Bonchev–Trinajstić information content (AvgIpc) is 3.07. The fraction of sp³-hybridized carbons (Fsp3) is 0.385. The highest BCUT2D eigenvalue weighted by molar-refractivity contribution is 5.93. The van der Waals surface area contributed by atoms with Crippen LogP contribution in [0.15, 0.2) is 31.0 Å². The largest absolute Gasteiger partial charge is 0.352 e. The molecule has 2 saturated heterocycles. The molecule has 1 N–H and O–H groups in total. The van der Waals surface area contributed by atoms with Crippen molar-refractivity contribution < 1.29 is 4.79 Å². The molecule has 0 saturated carbocycles. The van der Waals surface area contributed by atoms with Gasteiger partial charge in [-0.2, -0.15) is 5.10 Å². The van der Waals surface area contributed by atoms with E-state index in [2.05, 4.69) is 25.3 Å². The maximum Gasteiger partial charge on any atom is 0.322 e. The minimum Gasteiger partial charge on any atom is -0.352 e. The summed E-state index contributed by atoms with van der Waals surface area (Å²) < 4.78 is 1.93. The van der Waals surface area contributed by atoms with Gasteiger partial charge >= 0.3 is 6.03 Å². The van der Waals surface area contributed by atoms with Crippen LogP contribution in [0.4, 0.5) is 16.3 Å². The summed E-state index contributed by atoms with van der Waals surface area (Å²) in [6, 6.07) is 2.17. The molecule has 2 aliphatic rings. The lowest BCUT2D eigenvalue weighted by Gasteiger charge is -2.39. The van der Waals surface area contributed by atoms with Crippen molar-refractivity contribution in [1.29, 1.82) is 0 Å². The zero-order valence-electron chi connectivity index (χ0n) is 11.4. The van der Waals surface area contributed by atoms with E-state index in [0.29, 0.717) is 19.1 Å². The van der Waals surface area contributed by atoms with Gasteiger partial charge in [-0.15, -0.1) is 0 Å². The quantitative estimate of drug-likeness (QED) is 0.875. The lowest BCUT2D eigenvalue weighted by molar-refractivity contribution is 0.252. The number of carbonyl (C=O) groups is 1. The van der Waals surface area contributed by atoms with Crippen LogP contribution in [-0.4, -0.2) is 52.0 Å². The normalized spacial score (nSPS) is 18.8. The summed E-state index contributed by atoms with van der Waals surface area (Å²) in [7, 11) is 0. The van der Waals surface area contributed by atoms with E-state index in [4.69, 9.17) is 0 Å². The van der Waals surface area contributed by atoms with Crippen LogP contribution < -0.4 is 15.1 Å². The average molecular weight is 285 g/mol. The van der Waals surface area contributed by atoms with Gasteiger partial charge in [-0.25, -0.2) is 14.8 Å². The molecule has 21 heavy (non-hydrogen) atoms. The number of aromatic nitrogens is 4. The van der Waals surface area contributed by atoms with Gasteiger partial charge in [-0.3, -0.25) is 9.58 Å². The third-order valence-electron chi connectivity index (χ3n) is 3.88. The second kappa shape index (κ2) is 4.72. The number of rotatable bonds is 3. The topological polar surface area (TPSA) is 79.2 Å². The fourth-order valence-electron chi connectivity index (χ4n) is 2.67. The highest BCUT2D eigenvalue weighted by Gasteiger charge is 2.31. The van der Waals surface area contributed by atoms with Crippen molar-refractivity contribution in [3.8, 4) is 0 Å². The molecule has 2 aromatic rings.